The molecule has 1 aromatic carbocycles. The standard InChI is InChI=1S/C16H27NOS/c1-4-6-9-12-19-13-15(17-5-2)14-10-7-8-11-16(14)18-3/h7-8,10-11,15,17H,4-6,9,12-13H2,1-3H3. The molecule has 0 aromatic heterocycles. The van der Waals surface area contributed by atoms with Gasteiger partial charge in [-0.25, -0.2) is 0 Å². The van der Waals surface area contributed by atoms with E-state index in [1.807, 2.05) is 23.9 Å². The van der Waals surface area contributed by atoms with Crippen molar-refractivity contribution in [2.24, 2.45) is 0 Å². The van der Waals surface area contributed by atoms with Gasteiger partial charge in [-0.1, -0.05) is 44.9 Å². The Morgan fingerprint density at radius 1 is 1.21 bits per heavy atom. The molecular formula is C16H27NOS. The zero-order valence-corrected chi connectivity index (χ0v) is 13.3. The molecular weight excluding hydrogens is 254 g/mol. The summed E-state index contributed by atoms with van der Waals surface area (Å²) in [6, 6.07) is 8.71. The van der Waals surface area contributed by atoms with Crippen LogP contribution in [0.25, 0.3) is 0 Å². The molecule has 0 aliphatic rings. The summed E-state index contributed by atoms with van der Waals surface area (Å²) in [5, 5.41) is 3.56. The lowest BCUT2D eigenvalue weighted by Gasteiger charge is -2.20. The summed E-state index contributed by atoms with van der Waals surface area (Å²) in [5.74, 6) is 3.35. The molecule has 19 heavy (non-hydrogen) atoms. The highest BCUT2D eigenvalue weighted by atomic mass is 32.2. The molecule has 0 heterocycles. The average molecular weight is 281 g/mol. The van der Waals surface area contributed by atoms with E-state index in [4.69, 9.17) is 4.74 Å². The number of para-hydroxylation sites is 1. The van der Waals surface area contributed by atoms with E-state index < -0.39 is 0 Å². The smallest absolute Gasteiger partial charge is 0.123 e. The van der Waals surface area contributed by atoms with Crippen molar-refractivity contribution in [1.29, 1.82) is 0 Å². The van der Waals surface area contributed by atoms with Gasteiger partial charge in [0, 0.05) is 17.4 Å². The Morgan fingerprint density at radius 3 is 2.68 bits per heavy atom. The highest BCUT2D eigenvalue weighted by Gasteiger charge is 2.14. The fourth-order valence-corrected chi connectivity index (χ4v) is 3.22. The molecule has 0 spiro atoms. The number of ether oxygens (including phenoxy) is 1. The first-order valence-electron chi connectivity index (χ1n) is 7.27. The monoisotopic (exact) mass is 281 g/mol. The maximum Gasteiger partial charge on any atom is 0.123 e. The molecule has 0 aliphatic carbocycles. The van der Waals surface area contributed by atoms with Crippen LogP contribution in [0.3, 0.4) is 0 Å². The van der Waals surface area contributed by atoms with E-state index >= 15 is 0 Å². The van der Waals surface area contributed by atoms with Crippen LogP contribution in [0.1, 0.15) is 44.7 Å². The molecule has 108 valence electrons. The van der Waals surface area contributed by atoms with E-state index in [9.17, 15) is 0 Å². The van der Waals surface area contributed by atoms with Crippen LogP contribution in [0.5, 0.6) is 5.75 Å². The Hall–Kier alpha value is -0.670. The number of hydrogen-bond donors (Lipinski definition) is 1. The number of nitrogens with one attached hydrogen (secondary N) is 1. The van der Waals surface area contributed by atoms with Gasteiger partial charge in [-0.3, -0.25) is 0 Å². The first-order valence-corrected chi connectivity index (χ1v) is 8.43. The maximum absolute atomic E-state index is 5.47. The molecule has 1 unspecified atom stereocenters. The lowest BCUT2D eigenvalue weighted by atomic mass is 10.1. The summed E-state index contributed by atoms with van der Waals surface area (Å²) in [4.78, 5) is 0. The third-order valence-corrected chi connectivity index (χ3v) is 4.29. The summed E-state index contributed by atoms with van der Waals surface area (Å²) < 4.78 is 5.47. The van der Waals surface area contributed by atoms with Crippen molar-refractivity contribution in [1.82, 2.24) is 5.32 Å². The molecule has 1 rings (SSSR count). The van der Waals surface area contributed by atoms with E-state index in [0.717, 1.165) is 18.0 Å². The van der Waals surface area contributed by atoms with Gasteiger partial charge in [0.05, 0.1) is 7.11 Å². The Kier molecular flexibility index (Phi) is 8.76. The highest BCUT2D eigenvalue weighted by molar-refractivity contribution is 7.99. The zero-order chi connectivity index (χ0) is 13.9. The fraction of sp³-hybridized carbons (Fsp3) is 0.625. The van der Waals surface area contributed by atoms with Crippen LogP contribution >= 0.6 is 11.8 Å². The minimum atomic E-state index is 0.382. The number of rotatable bonds is 10. The van der Waals surface area contributed by atoms with Crippen molar-refractivity contribution in [3.8, 4) is 5.75 Å². The second-order valence-corrected chi connectivity index (χ2v) is 5.78. The van der Waals surface area contributed by atoms with Gasteiger partial charge in [-0.15, -0.1) is 0 Å². The summed E-state index contributed by atoms with van der Waals surface area (Å²) >= 11 is 2.04. The van der Waals surface area contributed by atoms with E-state index in [1.54, 1.807) is 7.11 Å². The normalized spacial score (nSPS) is 12.4. The van der Waals surface area contributed by atoms with Crippen molar-refractivity contribution in [3.05, 3.63) is 29.8 Å². The molecule has 0 bridgehead atoms. The molecule has 0 saturated heterocycles. The zero-order valence-electron chi connectivity index (χ0n) is 12.4. The van der Waals surface area contributed by atoms with Gasteiger partial charge in [-0.05, 0) is 24.8 Å². The van der Waals surface area contributed by atoms with Gasteiger partial charge in [-0.2, -0.15) is 11.8 Å². The lowest BCUT2D eigenvalue weighted by Crippen LogP contribution is -2.23. The van der Waals surface area contributed by atoms with Gasteiger partial charge in [0.2, 0.25) is 0 Å². The quantitative estimate of drug-likeness (QED) is 0.647. The minimum absolute atomic E-state index is 0.382. The molecule has 0 aliphatic heterocycles. The molecule has 2 nitrogen and oxygen atoms in total. The lowest BCUT2D eigenvalue weighted by molar-refractivity contribution is 0.403. The van der Waals surface area contributed by atoms with E-state index in [2.05, 4.69) is 31.3 Å². The van der Waals surface area contributed by atoms with Gasteiger partial charge in [0.25, 0.3) is 0 Å². The molecule has 0 saturated carbocycles. The van der Waals surface area contributed by atoms with Crippen LogP contribution < -0.4 is 10.1 Å². The number of unbranched alkanes of at least 4 members (excludes halogenated alkanes) is 2. The van der Waals surface area contributed by atoms with Crippen molar-refractivity contribution >= 4 is 11.8 Å². The summed E-state index contributed by atoms with van der Waals surface area (Å²) in [6.45, 7) is 5.39. The van der Waals surface area contributed by atoms with Crippen LogP contribution in [-0.4, -0.2) is 25.2 Å². The SMILES string of the molecule is CCCCCSCC(NCC)c1ccccc1OC. The summed E-state index contributed by atoms with van der Waals surface area (Å²) in [7, 11) is 1.75. The molecule has 1 aromatic rings. The predicted octanol–water partition coefficient (Wildman–Crippen LogP) is 4.27. The third kappa shape index (κ3) is 5.87. The molecule has 3 heteroatoms. The summed E-state index contributed by atoms with van der Waals surface area (Å²) in [6.07, 6.45) is 3.96. The van der Waals surface area contributed by atoms with Crippen LogP contribution in [0.2, 0.25) is 0 Å². The van der Waals surface area contributed by atoms with Crippen LogP contribution in [-0.2, 0) is 0 Å². The second kappa shape index (κ2) is 10.2. The largest absolute Gasteiger partial charge is 0.496 e. The molecule has 0 amide bonds. The van der Waals surface area contributed by atoms with Crippen molar-refractivity contribution in [2.45, 2.75) is 39.2 Å². The molecule has 1 N–H and O–H groups in total. The Balaban J connectivity index is 2.55. The Morgan fingerprint density at radius 2 is 2.00 bits per heavy atom. The topological polar surface area (TPSA) is 21.3 Å². The first kappa shape index (κ1) is 16.4. The average Bonchev–Trinajstić information content (AvgIpc) is 2.46. The van der Waals surface area contributed by atoms with Crippen molar-refractivity contribution in [2.75, 3.05) is 25.2 Å². The maximum atomic E-state index is 5.47. The second-order valence-electron chi connectivity index (χ2n) is 4.63. The predicted molar refractivity (Wildman–Crippen MR) is 86.3 cm³/mol. The van der Waals surface area contributed by atoms with Gasteiger partial charge >= 0.3 is 0 Å². The first-order chi connectivity index (χ1) is 9.33. The van der Waals surface area contributed by atoms with Crippen molar-refractivity contribution in [3.63, 3.8) is 0 Å². The number of thioether (sulfide) groups is 1. The van der Waals surface area contributed by atoms with Crippen molar-refractivity contribution < 1.29 is 4.74 Å². The van der Waals surface area contributed by atoms with E-state index in [1.165, 1.54) is 30.6 Å². The number of benzene rings is 1. The van der Waals surface area contributed by atoms with Gasteiger partial charge < -0.3 is 10.1 Å². The number of methoxy groups -OCH3 is 1. The van der Waals surface area contributed by atoms with Crippen LogP contribution in [0, 0.1) is 0 Å². The van der Waals surface area contributed by atoms with E-state index in [-0.39, 0.29) is 0 Å². The minimum Gasteiger partial charge on any atom is -0.496 e. The molecule has 0 radical (unpaired) electrons. The summed E-state index contributed by atoms with van der Waals surface area (Å²) in [5.41, 5.74) is 1.27. The Labute approximate surface area is 122 Å². The Bertz CT molecular complexity index is 343. The third-order valence-electron chi connectivity index (χ3n) is 3.14. The molecule has 1 atom stereocenters. The molecule has 0 fully saturated rings. The van der Waals surface area contributed by atoms with Crippen LogP contribution in [0.15, 0.2) is 24.3 Å². The fourth-order valence-electron chi connectivity index (χ4n) is 2.11. The van der Waals surface area contributed by atoms with E-state index in [0.29, 0.717) is 6.04 Å². The van der Waals surface area contributed by atoms with Gasteiger partial charge in [0.1, 0.15) is 5.75 Å². The number of hydrogen-bond acceptors (Lipinski definition) is 3. The van der Waals surface area contributed by atoms with Gasteiger partial charge in [0.15, 0.2) is 0 Å². The highest BCUT2D eigenvalue weighted by Crippen LogP contribution is 2.27. The van der Waals surface area contributed by atoms with Crippen LogP contribution in [0.4, 0.5) is 0 Å².